The van der Waals surface area contributed by atoms with Gasteiger partial charge in [-0.2, -0.15) is 26.3 Å². The highest BCUT2D eigenvalue weighted by Gasteiger charge is 2.45. The highest BCUT2D eigenvalue weighted by Crippen LogP contribution is 2.20. The molecule has 0 aromatic rings. The third-order valence-electron chi connectivity index (χ3n) is 0.842. The Morgan fingerprint density at radius 3 is 1.77 bits per heavy atom. The Hall–Kier alpha value is -0.733. The van der Waals surface area contributed by atoms with Crippen LogP contribution in [0.25, 0.3) is 0 Å². The van der Waals surface area contributed by atoms with Gasteiger partial charge < -0.3 is 4.57 Å². The number of nitrogens with zero attached hydrogens (tertiary/aromatic N) is 1. The molecule has 0 aliphatic heterocycles. The maximum atomic E-state index is 11.5. The summed E-state index contributed by atoms with van der Waals surface area (Å²) >= 11 is 0. The zero-order valence-electron chi connectivity index (χ0n) is 6.12. The minimum absolute atomic E-state index is 0.403. The SMILES string of the molecule is CN([Si]C(F)(F)F)C(=O)C(F)(F)F. The van der Waals surface area contributed by atoms with E-state index >= 15 is 0 Å². The van der Waals surface area contributed by atoms with E-state index in [9.17, 15) is 31.1 Å². The summed E-state index contributed by atoms with van der Waals surface area (Å²) in [5.41, 5.74) is 0. The zero-order chi connectivity index (χ0) is 10.9. The van der Waals surface area contributed by atoms with Gasteiger partial charge in [0.2, 0.25) is 0 Å². The fourth-order valence-corrected chi connectivity index (χ4v) is 1.04. The number of hydrogen-bond acceptors (Lipinski definition) is 1. The van der Waals surface area contributed by atoms with Crippen molar-refractivity contribution in [2.45, 2.75) is 12.0 Å². The molecular formula is C4H3F6NOSi. The summed E-state index contributed by atoms with van der Waals surface area (Å²) in [5.74, 6) is -7.29. The van der Waals surface area contributed by atoms with Crippen LogP contribution in [0.3, 0.4) is 0 Å². The van der Waals surface area contributed by atoms with Crippen molar-refractivity contribution >= 4 is 15.6 Å². The summed E-state index contributed by atoms with van der Waals surface area (Å²) in [4.78, 5) is 10.2. The fourth-order valence-electron chi connectivity index (χ4n) is 0.431. The van der Waals surface area contributed by atoms with Gasteiger partial charge in [0.25, 0.3) is 0 Å². The first-order chi connectivity index (χ1) is 5.54. The summed E-state index contributed by atoms with van der Waals surface area (Å²) in [6.07, 6.45) is -5.26. The Bertz CT molecular complexity index is 198. The van der Waals surface area contributed by atoms with Crippen LogP contribution < -0.4 is 0 Å². The third kappa shape index (κ3) is 4.75. The molecule has 0 fully saturated rings. The Balaban J connectivity index is 4.30. The number of hydrogen-bond donors (Lipinski definition) is 0. The van der Waals surface area contributed by atoms with Gasteiger partial charge in [-0.15, -0.1) is 0 Å². The molecule has 0 saturated carbocycles. The van der Waals surface area contributed by atoms with Crippen molar-refractivity contribution in [2.75, 3.05) is 7.05 Å². The largest absolute Gasteiger partial charge is 0.470 e. The van der Waals surface area contributed by atoms with E-state index in [0.29, 0.717) is 7.05 Å². The summed E-state index contributed by atoms with van der Waals surface area (Å²) in [6.45, 7) is 0. The molecule has 9 heteroatoms. The molecule has 2 nitrogen and oxygen atoms in total. The lowest BCUT2D eigenvalue weighted by atomic mass is 10.6. The average molecular weight is 223 g/mol. The van der Waals surface area contributed by atoms with E-state index in [2.05, 4.69) is 0 Å². The van der Waals surface area contributed by atoms with E-state index in [1.165, 1.54) is 0 Å². The van der Waals surface area contributed by atoms with Crippen LogP contribution in [0.2, 0.25) is 0 Å². The molecule has 0 aromatic heterocycles. The number of halogens is 6. The van der Waals surface area contributed by atoms with E-state index in [4.69, 9.17) is 0 Å². The maximum absolute atomic E-state index is 11.5. The van der Waals surface area contributed by atoms with Gasteiger partial charge in [0, 0.05) is 7.05 Å². The van der Waals surface area contributed by atoms with Gasteiger partial charge in [0.1, 0.15) is 0 Å². The van der Waals surface area contributed by atoms with Crippen LogP contribution in [0.15, 0.2) is 0 Å². The quantitative estimate of drug-likeness (QED) is 0.482. The Morgan fingerprint density at radius 2 is 1.54 bits per heavy atom. The molecule has 0 N–H and O–H groups in total. The van der Waals surface area contributed by atoms with Crippen LogP contribution in [-0.2, 0) is 4.79 Å². The smallest absolute Gasteiger partial charge is 0.357 e. The maximum Gasteiger partial charge on any atom is 0.470 e. The minimum Gasteiger partial charge on any atom is -0.357 e. The van der Waals surface area contributed by atoms with Crippen LogP contribution in [0.4, 0.5) is 26.3 Å². The van der Waals surface area contributed by atoms with E-state index in [0.717, 1.165) is 0 Å². The summed E-state index contributed by atoms with van der Waals surface area (Å²) in [6, 6.07) is 0. The Kier molecular flexibility index (Phi) is 3.36. The summed E-state index contributed by atoms with van der Waals surface area (Å²) in [5, 5.41) is 0. The molecule has 0 bridgehead atoms. The normalized spacial score (nSPS) is 12.8. The van der Waals surface area contributed by atoms with Crippen molar-refractivity contribution in [2.24, 2.45) is 0 Å². The lowest BCUT2D eigenvalue weighted by Crippen LogP contribution is -2.45. The molecule has 0 aliphatic rings. The lowest BCUT2D eigenvalue weighted by Gasteiger charge is -2.18. The second kappa shape index (κ2) is 3.56. The van der Waals surface area contributed by atoms with E-state index < -0.39 is 32.1 Å². The standard InChI is InChI=1S/C4H3F6NOSi/c1-11(13-4(8,9)10)2(12)3(5,6)7/h1H3. The van der Waals surface area contributed by atoms with E-state index in [-0.39, 0.29) is 0 Å². The van der Waals surface area contributed by atoms with Gasteiger partial charge in [-0.1, -0.05) is 0 Å². The van der Waals surface area contributed by atoms with Gasteiger partial charge >= 0.3 is 27.6 Å². The topological polar surface area (TPSA) is 20.3 Å². The number of carbonyl (C=O) groups excluding carboxylic acids is 1. The predicted molar refractivity (Wildman–Crippen MR) is 30.6 cm³/mol. The van der Waals surface area contributed by atoms with Crippen molar-refractivity contribution in [1.29, 1.82) is 0 Å². The van der Waals surface area contributed by atoms with Gasteiger partial charge in [0.05, 0.1) is 0 Å². The van der Waals surface area contributed by atoms with Crippen LogP contribution in [0, 0.1) is 0 Å². The van der Waals surface area contributed by atoms with Crippen LogP contribution in [0.5, 0.6) is 0 Å². The molecule has 0 saturated heterocycles. The molecule has 1 amide bonds. The van der Waals surface area contributed by atoms with Gasteiger partial charge in [-0.25, -0.2) is 0 Å². The molecule has 0 aliphatic carbocycles. The molecule has 13 heavy (non-hydrogen) atoms. The Labute approximate surface area is 71.4 Å². The molecule has 76 valence electrons. The average Bonchev–Trinajstić information content (AvgIpc) is 1.79. The molecular weight excluding hydrogens is 220 g/mol. The lowest BCUT2D eigenvalue weighted by molar-refractivity contribution is -0.180. The Morgan fingerprint density at radius 1 is 1.15 bits per heavy atom. The summed E-state index contributed by atoms with van der Waals surface area (Å²) in [7, 11) is -1.72. The molecule has 0 unspecified atom stereocenters. The first-order valence-electron chi connectivity index (χ1n) is 2.73. The second-order valence-corrected chi connectivity index (χ2v) is 3.43. The van der Waals surface area contributed by atoms with E-state index in [1.807, 2.05) is 0 Å². The first kappa shape index (κ1) is 12.3. The minimum atomic E-state index is -5.26. The van der Waals surface area contributed by atoms with Gasteiger partial charge in [-0.3, -0.25) is 4.79 Å². The van der Waals surface area contributed by atoms with Crippen molar-refractivity contribution in [3.8, 4) is 0 Å². The molecule has 0 rings (SSSR count). The van der Waals surface area contributed by atoms with Crippen LogP contribution in [-0.4, -0.2) is 39.2 Å². The number of alkyl halides is 6. The van der Waals surface area contributed by atoms with Crippen LogP contribution >= 0.6 is 0 Å². The second-order valence-electron chi connectivity index (χ2n) is 1.97. The molecule has 0 spiro atoms. The first-order valence-corrected chi connectivity index (χ1v) is 3.68. The van der Waals surface area contributed by atoms with Gasteiger partial charge in [-0.05, 0) is 0 Å². The highest BCUT2D eigenvalue weighted by molar-refractivity contribution is 6.39. The molecule has 0 heterocycles. The third-order valence-corrected chi connectivity index (χ3v) is 1.63. The van der Waals surface area contributed by atoms with E-state index in [1.54, 1.807) is 0 Å². The number of rotatable bonds is 1. The van der Waals surface area contributed by atoms with Crippen molar-refractivity contribution < 1.29 is 31.1 Å². The van der Waals surface area contributed by atoms with Crippen molar-refractivity contribution in [1.82, 2.24) is 4.57 Å². The van der Waals surface area contributed by atoms with Crippen molar-refractivity contribution in [3.63, 3.8) is 0 Å². The number of amides is 1. The van der Waals surface area contributed by atoms with Crippen LogP contribution in [0.1, 0.15) is 0 Å². The van der Waals surface area contributed by atoms with Crippen molar-refractivity contribution in [3.05, 3.63) is 0 Å². The summed E-state index contributed by atoms with van der Waals surface area (Å²) < 4.78 is 68.7. The highest BCUT2D eigenvalue weighted by atomic mass is 28.2. The number of carbonyl (C=O) groups is 1. The zero-order valence-corrected chi connectivity index (χ0v) is 7.12. The predicted octanol–water partition coefficient (Wildman–Crippen LogP) is 1.15. The monoisotopic (exact) mass is 223 g/mol. The van der Waals surface area contributed by atoms with Gasteiger partial charge in [0.15, 0.2) is 0 Å². The molecule has 0 aromatic carbocycles. The molecule has 2 radical (unpaired) electrons. The molecule has 0 atom stereocenters. The fraction of sp³-hybridized carbons (Fsp3) is 0.750.